The molecule has 2 N–H and O–H groups in total. The number of carbonyl (C=O) groups is 2. The Morgan fingerprint density at radius 2 is 1.94 bits per heavy atom. The molecule has 3 atom stereocenters. The summed E-state index contributed by atoms with van der Waals surface area (Å²) >= 11 is 0. The molecule has 1 amide bonds. The van der Waals surface area contributed by atoms with Crippen LogP contribution in [-0.2, 0) is 21.4 Å². The highest BCUT2D eigenvalue weighted by Crippen LogP contribution is 2.53. The molecule has 5 rings (SSSR count). The van der Waals surface area contributed by atoms with E-state index in [9.17, 15) is 20.0 Å². The van der Waals surface area contributed by atoms with Gasteiger partial charge in [0.2, 0.25) is 0 Å². The highest BCUT2D eigenvalue weighted by atomic mass is 16.8. The van der Waals surface area contributed by atoms with Crippen molar-refractivity contribution in [1.82, 2.24) is 15.1 Å². The van der Waals surface area contributed by atoms with Crippen LogP contribution in [0.4, 0.5) is 0 Å². The van der Waals surface area contributed by atoms with E-state index >= 15 is 0 Å². The molecular weight excluding hydrogens is 434 g/mol. The Morgan fingerprint density at radius 3 is 2.68 bits per heavy atom. The van der Waals surface area contributed by atoms with Gasteiger partial charge in [0.05, 0.1) is 6.61 Å². The van der Waals surface area contributed by atoms with Crippen LogP contribution in [0.25, 0.3) is 10.9 Å². The van der Waals surface area contributed by atoms with Gasteiger partial charge in [-0.2, -0.15) is 0 Å². The van der Waals surface area contributed by atoms with E-state index in [0.717, 1.165) is 22.2 Å². The minimum Gasteiger partial charge on any atom is -0.762 e. The Kier molecular flexibility index (Phi) is 5.89. The van der Waals surface area contributed by atoms with E-state index in [1.807, 2.05) is 47.4 Å². The van der Waals surface area contributed by atoms with E-state index < -0.39 is 5.41 Å². The number of piperidine rings is 1. The zero-order valence-electron chi connectivity index (χ0n) is 19.1. The fourth-order valence-corrected chi connectivity index (χ4v) is 6.16. The molecule has 8 heteroatoms. The number of hydroxylamine groups is 2. The van der Waals surface area contributed by atoms with E-state index in [1.54, 1.807) is 19.1 Å². The number of nitrogens with one attached hydrogen (secondary N) is 1. The number of nitrogens with zero attached hydrogens (tertiary/aromatic N) is 2. The lowest BCUT2D eigenvalue weighted by Crippen LogP contribution is -2.62. The van der Waals surface area contributed by atoms with Gasteiger partial charge >= 0.3 is 5.97 Å². The molecule has 2 aromatic carbocycles. The summed E-state index contributed by atoms with van der Waals surface area (Å²) < 4.78 is 5.25. The third-order valence-corrected chi connectivity index (χ3v) is 7.49. The van der Waals surface area contributed by atoms with Gasteiger partial charge in [0, 0.05) is 53.1 Å². The molecule has 0 radical (unpaired) electrons. The van der Waals surface area contributed by atoms with Crippen LogP contribution < -0.4 is 0 Å². The summed E-state index contributed by atoms with van der Waals surface area (Å²) in [5.41, 5.74) is 2.42. The number of H-pyrrole nitrogens is 1. The zero-order valence-corrected chi connectivity index (χ0v) is 19.1. The van der Waals surface area contributed by atoms with Gasteiger partial charge in [-0.3, -0.25) is 14.8 Å². The highest BCUT2D eigenvalue weighted by Gasteiger charge is 2.59. The second-order valence-corrected chi connectivity index (χ2v) is 9.15. The Hall–Kier alpha value is -3.20. The number of aromatic nitrogens is 1. The molecule has 1 saturated heterocycles. The lowest BCUT2D eigenvalue weighted by atomic mass is 9.64. The van der Waals surface area contributed by atoms with E-state index in [4.69, 9.17) is 4.74 Å². The first kappa shape index (κ1) is 22.6. The molecule has 178 valence electrons. The van der Waals surface area contributed by atoms with Crippen LogP contribution >= 0.6 is 0 Å². The van der Waals surface area contributed by atoms with E-state index in [0.29, 0.717) is 24.9 Å². The molecule has 1 fully saturated rings. The molecule has 0 bridgehead atoms. The highest BCUT2D eigenvalue weighted by molar-refractivity contribution is 5.95. The van der Waals surface area contributed by atoms with Gasteiger partial charge in [-0.1, -0.05) is 36.4 Å². The maximum atomic E-state index is 13.6. The Bertz CT molecular complexity index is 1210. The summed E-state index contributed by atoms with van der Waals surface area (Å²) in [5.74, 6) is -0.739. The topological polar surface area (TPSA) is 109 Å². The normalized spacial score (nSPS) is 23.7. The fourth-order valence-electron chi connectivity index (χ4n) is 6.16. The lowest BCUT2D eigenvalue weighted by molar-refractivity contribution is -0.147. The molecular formula is C26H28N3O5-. The average Bonchev–Trinajstić information content (AvgIpc) is 3.35. The van der Waals surface area contributed by atoms with Gasteiger partial charge in [-0.05, 0) is 49.4 Å². The van der Waals surface area contributed by atoms with Crippen LogP contribution in [0.3, 0.4) is 0 Å². The maximum Gasteiger partial charge on any atom is 0.306 e. The Labute approximate surface area is 197 Å². The van der Waals surface area contributed by atoms with Crippen LogP contribution in [0.2, 0.25) is 0 Å². The van der Waals surface area contributed by atoms with Crippen LogP contribution in [0.1, 0.15) is 41.4 Å². The number of para-hydroxylation sites is 1. The summed E-state index contributed by atoms with van der Waals surface area (Å²) in [4.78, 5) is 31.5. The van der Waals surface area contributed by atoms with Crippen molar-refractivity contribution in [3.8, 4) is 0 Å². The summed E-state index contributed by atoms with van der Waals surface area (Å²) in [7, 11) is 0. The van der Waals surface area contributed by atoms with Crippen molar-refractivity contribution >= 4 is 22.8 Å². The van der Waals surface area contributed by atoms with Gasteiger partial charge in [-0.15, -0.1) is 0 Å². The SMILES string of the molecule is CCOC(=O)CC1CCN(C(=O)c2ccccc2)C2Cc3c([nH]c4ccccc34)C12CN([O-])O. The largest absolute Gasteiger partial charge is 0.762 e. The number of ether oxygens (including phenoxy) is 1. The summed E-state index contributed by atoms with van der Waals surface area (Å²) in [6.07, 6.45) is 1.15. The third-order valence-electron chi connectivity index (χ3n) is 7.49. The predicted molar refractivity (Wildman–Crippen MR) is 126 cm³/mol. The average molecular weight is 463 g/mol. The minimum atomic E-state index is -0.944. The quantitative estimate of drug-likeness (QED) is 0.428. The molecule has 3 aromatic rings. The predicted octanol–water partition coefficient (Wildman–Crippen LogP) is 3.63. The second kappa shape index (κ2) is 8.87. The van der Waals surface area contributed by atoms with Crippen molar-refractivity contribution < 1.29 is 19.5 Å². The van der Waals surface area contributed by atoms with Gasteiger partial charge in [0.1, 0.15) is 0 Å². The standard InChI is InChI=1S/C26H28N3O5/c1-2-34-23(30)14-18-12-13-28(25(31)17-8-4-3-5-9-17)22-15-20-19-10-6-7-11-21(19)27-24(20)26(18,22)16-29(32)33/h3-11,18,22,27,32H,2,12-16H2,1H3/q-1. The van der Waals surface area contributed by atoms with Crippen LogP contribution in [0, 0.1) is 11.1 Å². The van der Waals surface area contributed by atoms with E-state index in [1.165, 1.54) is 0 Å². The number of likely N-dealkylation sites (tertiary alicyclic amines) is 1. The molecule has 34 heavy (non-hydrogen) atoms. The number of fused-ring (bicyclic) bond motifs is 5. The van der Waals surface area contributed by atoms with E-state index in [-0.39, 0.29) is 48.6 Å². The van der Waals surface area contributed by atoms with Crippen LogP contribution in [0.15, 0.2) is 54.6 Å². The Balaban J connectivity index is 1.65. The van der Waals surface area contributed by atoms with Gasteiger partial charge in [0.25, 0.3) is 5.91 Å². The van der Waals surface area contributed by atoms with Gasteiger partial charge in [-0.25, -0.2) is 0 Å². The minimum absolute atomic E-state index is 0.0533. The number of benzene rings is 2. The molecule has 0 spiro atoms. The number of hydrogen-bond donors (Lipinski definition) is 2. The van der Waals surface area contributed by atoms with Gasteiger partial charge < -0.3 is 25.0 Å². The molecule has 1 aromatic heterocycles. The smallest absolute Gasteiger partial charge is 0.306 e. The molecule has 8 nitrogen and oxygen atoms in total. The maximum absolute atomic E-state index is 13.6. The third kappa shape index (κ3) is 3.58. The number of hydrogen-bond acceptors (Lipinski definition) is 6. The first-order valence-corrected chi connectivity index (χ1v) is 11.7. The molecule has 2 aliphatic rings. The molecule has 1 aliphatic carbocycles. The van der Waals surface area contributed by atoms with Crippen molar-refractivity contribution in [2.24, 2.45) is 5.92 Å². The summed E-state index contributed by atoms with van der Waals surface area (Å²) in [6, 6.07) is 16.6. The Morgan fingerprint density at radius 1 is 1.21 bits per heavy atom. The van der Waals surface area contributed by atoms with Crippen LogP contribution in [0.5, 0.6) is 0 Å². The number of carbonyl (C=O) groups excluding carboxylic acids is 2. The number of aromatic amines is 1. The van der Waals surface area contributed by atoms with Crippen molar-refractivity contribution in [1.29, 1.82) is 0 Å². The van der Waals surface area contributed by atoms with Crippen molar-refractivity contribution in [3.05, 3.63) is 76.6 Å². The second-order valence-electron chi connectivity index (χ2n) is 9.15. The lowest BCUT2D eigenvalue weighted by Gasteiger charge is -2.53. The summed E-state index contributed by atoms with van der Waals surface area (Å²) in [6.45, 7) is 2.23. The fraction of sp³-hybridized carbons (Fsp3) is 0.385. The first-order valence-electron chi connectivity index (χ1n) is 11.7. The molecule has 0 saturated carbocycles. The number of amides is 1. The molecule has 1 aliphatic heterocycles. The molecule has 2 heterocycles. The summed E-state index contributed by atoms with van der Waals surface area (Å²) in [5, 5.41) is 23.2. The van der Waals surface area contributed by atoms with Crippen molar-refractivity contribution in [3.63, 3.8) is 0 Å². The van der Waals surface area contributed by atoms with Crippen LogP contribution in [-0.4, -0.2) is 57.9 Å². The molecule has 3 unspecified atom stereocenters. The zero-order chi connectivity index (χ0) is 23.9. The van der Waals surface area contributed by atoms with E-state index in [2.05, 4.69) is 4.98 Å². The number of esters is 1. The van der Waals surface area contributed by atoms with Crippen molar-refractivity contribution in [2.75, 3.05) is 19.7 Å². The van der Waals surface area contributed by atoms with Gasteiger partial charge in [0.15, 0.2) is 0 Å². The monoisotopic (exact) mass is 462 g/mol. The number of rotatable bonds is 6. The van der Waals surface area contributed by atoms with Crippen molar-refractivity contribution in [2.45, 2.75) is 37.6 Å². The first-order chi connectivity index (χ1) is 16.5.